The molecule has 0 unspecified atom stereocenters. The fourth-order valence-corrected chi connectivity index (χ4v) is 1.52. The third kappa shape index (κ3) is 1.90. The summed E-state index contributed by atoms with van der Waals surface area (Å²) in [4.78, 5) is 7.48. The molecule has 0 N–H and O–H groups in total. The van der Waals surface area contributed by atoms with Crippen molar-refractivity contribution < 1.29 is 8.78 Å². The molecule has 0 atom stereocenters. The first kappa shape index (κ1) is 11.0. The molecule has 16 heavy (non-hydrogen) atoms. The van der Waals surface area contributed by atoms with Gasteiger partial charge in [-0.05, 0) is 23.7 Å². The second kappa shape index (κ2) is 4.17. The highest BCUT2D eigenvalue weighted by molar-refractivity contribution is 6.28. The minimum atomic E-state index is -2.58. The SMILES string of the molecule is Cn1c(-c2ccnc(C(F)F)c2)cnc1Cl. The number of imidazole rings is 1. The molecule has 0 fully saturated rings. The van der Waals surface area contributed by atoms with Gasteiger partial charge in [0.05, 0.1) is 11.9 Å². The van der Waals surface area contributed by atoms with Gasteiger partial charge in [-0.15, -0.1) is 0 Å². The van der Waals surface area contributed by atoms with Crippen molar-refractivity contribution in [3.8, 4) is 11.3 Å². The number of pyridine rings is 1. The Hall–Kier alpha value is -1.49. The van der Waals surface area contributed by atoms with Crippen LogP contribution < -0.4 is 0 Å². The maximum atomic E-state index is 12.5. The van der Waals surface area contributed by atoms with Crippen molar-refractivity contribution in [1.29, 1.82) is 0 Å². The molecule has 6 heteroatoms. The number of alkyl halides is 2. The maximum Gasteiger partial charge on any atom is 0.280 e. The van der Waals surface area contributed by atoms with Crippen molar-refractivity contribution in [1.82, 2.24) is 14.5 Å². The van der Waals surface area contributed by atoms with E-state index in [1.54, 1.807) is 17.7 Å². The molecular weight excluding hydrogens is 236 g/mol. The number of halogens is 3. The van der Waals surface area contributed by atoms with Crippen molar-refractivity contribution >= 4 is 11.6 Å². The lowest BCUT2D eigenvalue weighted by molar-refractivity contribution is 0.146. The van der Waals surface area contributed by atoms with Crippen LogP contribution in [0, 0.1) is 0 Å². The molecule has 2 rings (SSSR count). The Morgan fingerprint density at radius 1 is 1.38 bits per heavy atom. The van der Waals surface area contributed by atoms with Crippen LogP contribution in [0.15, 0.2) is 24.5 Å². The Balaban J connectivity index is 2.48. The van der Waals surface area contributed by atoms with Gasteiger partial charge >= 0.3 is 0 Å². The fraction of sp³-hybridized carbons (Fsp3) is 0.200. The standard InChI is InChI=1S/C10H8ClF2N3/c1-16-8(5-15-10(16)11)6-2-3-14-7(4-6)9(12)13/h2-5,9H,1H3. The molecule has 0 aromatic carbocycles. The number of hydrogen-bond acceptors (Lipinski definition) is 2. The summed E-state index contributed by atoms with van der Waals surface area (Å²) in [6.07, 6.45) is 0.300. The fourth-order valence-electron chi connectivity index (χ4n) is 1.38. The molecule has 84 valence electrons. The normalized spacial score (nSPS) is 11.1. The van der Waals surface area contributed by atoms with E-state index in [4.69, 9.17) is 11.6 Å². The molecule has 0 saturated heterocycles. The van der Waals surface area contributed by atoms with E-state index >= 15 is 0 Å². The highest BCUT2D eigenvalue weighted by atomic mass is 35.5. The molecule has 0 aliphatic rings. The van der Waals surface area contributed by atoms with Gasteiger partial charge in [-0.2, -0.15) is 0 Å². The van der Waals surface area contributed by atoms with E-state index in [1.165, 1.54) is 18.5 Å². The molecular formula is C10H8ClF2N3. The zero-order chi connectivity index (χ0) is 11.7. The number of hydrogen-bond donors (Lipinski definition) is 0. The van der Waals surface area contributed by atoms with Crippen molar-refractivity contribution in [2.24, 2.45) is 7.05 Å². The average Bonchev–Trinajstić information content (AvgIpc) is 2.60. The van der Waals surface area contributed by atoms with Gasteiger partial charge in [0.2, 0.25) is 5.28 Å². The quantitative estimate of drug-likeness (QED) is 0.812. The van der Waals surface area contributed by atoms with Gasteiger partial charge in [0.1, 0.15) is 5.69 Å². The lowest BCUT2D eigenvalue weighted by Gasteiger charge is -2.04. The molecule has 0 spiro atoms. The van der Waals surface area contributed by atoms with Gasteiger partial charge in [-0.1, -0.05) is 0 Å². The lowest BCUT2D eigenvalue weighted by Crippen LogP contribution is -1.94. The maximum absolute atomic E-state index is 12.5. The molecule has 2 heterocycles. The topological polar surface area (TPSA) is 30.7 Å². The van der Waals surface area contributed by atoms with E-state index in [9.17, 15) is 8.78 Å². The summed E-state index contributed by atoms with van der Waals surface area (Å²) in [7, 11) is 1.72. The first-order chi connectivity index (χ1) is 7.59. The van der Waals surface area contributed by atoms with Gasteiger partial charge in [0.25, 0.3) is 6.43 Å². The van der Waals surface area contributed by atoms with Crippen LogP contribution in [-0.2, 0) is 7.05 Å². The summed E-state index contributed by atoms with van der Waals surface area (Å²) < 4.78 is 26.5. The molecule has 0 radical (unpaired) electrons. The number of nitrogens with zero attached hydrogens (tertiary/aromatic N) is 3. The van der Waals surface area contributed by atoms with Crippen LogP contribution >= 0.6 is 11.6 Å². The van der Waals surface area contributed by atoms with Crippen LogP contribution in [0.25, 0.3) is 11.3 Å². The van der Waals surface area contributed by atoms with E-state index in [-0.39, 0.29) is 5.69 Å². The Morgan fingerprint density at radius 2 is 2.12 bits per heavy atom. The zero-order valence-electron chi connectivity index (χ0n) is 8.36. The largest absolute Gasteiger partial charge is 0.318 e. The summed E-state index contributed by atoms with van der Waals surface area (Å²) in [6.45, 7) is 0. The number of rotatable bonds is 2. The van der Waals surface area contributed by atoms with Gasteiger partial charge in [-0.25, -0.2) is 13.8 Å². The van der Waals surface area contributed by atoms with E-state index < -0.39 is 6.43 Å². The van der Waals surface area contributed by atoms with E-state index in [0.29, 0.717) is 16.5 Å². The summed E-state index contributed by atoms with van der Waals surface area (Å²) in [6, 6.07) is 2.97. The molecule has 0 saturated carbocycles. The molecule has 0 aliphatic heterocycles. The van der Waals surface area contributed by atoms with Crippen LogP contribution in [0.5, 0.6) is 0 Å². The number of aromatic nitrogens is 3. The second-order valence-electron chi connectivity index (χ2n) is 3.24. The highest BCUT2D eigenvalue weighted by Crippen LogP contribution is 2.25. The van der Waals surface area contributed by atoms with Gasteiger partial charge in [-0.3, -0.25) is 4.98 Å². The molecule has 3 nitrogen and oxygen atoms in total. The first-order valence-corrected chi connectivity index (χ1v) is 4.89. The molecule has 2 aromatic rings. The van der Waals surface area contributed by atoms with Gasteiger partial charge < -0.3 is 4.57 Å². The Kier molecular flexibility index (Phi) is 2.87. The Bertz CT molecular complexity index is 511. The van der Waals surface area contributed by atoms with Gasteiger partial charge in [0.15, 0.2) is 0 Å². The predicted molar refractivity (Wildman–Crippen MR) is 56.4 cm³/mol. The average molecular weight is 244 g/mol. The summed E-state index contributed by atoms with van der Waals surface area (Å²) >= 11 is 5.77. The second-order valence-corrected chi connectivity index (χ2v) is 3.58. The van der Waals surface area contributed by atoms with Crippen LogP contribution in [0.1, 0.15) is 12.1 Å². The third-order valence-electron chi connectivity index (χ3n) is 2.23. The van der Waals surface area contributed by atoms with Crippen LogP contribution in [0.3, 0.4) is 0 Å². The van der Waals surface area contributed by atoms with E-state index in [1.807, 2.05) is 0 Å². The predicted octanol–water partition coefficient (Wildman–Crippen LogP) is 3.07. The minimum absolute atomic E-state index is 0.255. The molecule has 0 bridgehead atoms. The lowest BCUT2D eigenvalue weighted by atomic mass is 10.2. The molecule has 0 amide bonds. The molecule has 2 aromatic heterocycles. The summed E-state index contributed by atoms with van der Waals surface area (Å²) in [5.74, 6) is 0. The Morgan fingerprint density at radius 3 is 2.69 bits per heavy atom. The van der Waals surface area contributed by atoms with Crippen LogP contribution in [0.4, 0.5) is 8.78 Å². The van der Waals surface area contributed by atoms with Gasteiger partial charge in [0, 0.05) is 18.8 Å². The Labute approximate surface area is 95.7 Å². The van der Waals surface area contributed by atoms with Crippen molar-refractivity contribution in [2.45, 2.75) is 6.43 Å². The minimum Gasteiger partial charge on any atom is -0.318 e. The molecule has 0 aliphatic carbocycles. The van der Waals surface area contributed by atoms with Crippen molar-refractivity contribution in [3.63, 3.8) is 0 Å². The van der Waals surface area contributed by atoms with Crippen molar-refractivity contribution in [3.05, 3.63) is 35.5 Å². The van der Waals surface area contributed by atoms with E-state index in [0.717, 1.165) is 0 Å². The highest BCUT2D eigenvalue weighted by Gasteiger charge is 2.12. The smallest absolute Gasteiger partial charge is 0.280 e. The van der Waals surface area contributed by atoms with Crippen molar-refractivity contribution in [2.75, 3.05) is 0 Å². The monoisotopic (exact) mass is 243 g/mol. The first-order valence-electron chi connectivity index (χ1n) is 4.51. The van der Waals surface area contributed by atoms with Crippen LogP contribution in [0.2, 0.25) is 5.28 Å². The van der Waals surface area contributed by atoms with Crippen LogP contribution in [-0.4, -0.2) is 14.5 Å². The summed E-state index contributed by atoms with van der Waals surface area (Å²) in [5, 5.41) is 0.311. The van der Waals surface area contributed by atoms with E-state index in [2.05, 4.69) is 9.97 Å². The third-order valence-corrected chi connectivity index (χ3v) is 2.58. The zero-order valence-corrected chi connectivity index (χ0v) is 9.12. The summed E-state index contributed by atoms with van der Waals surface area (Å²) in [5.41, 5.74) is 1.04.